The lowest BCUT2D eigenvalue weighted by Crippen LogP contribution is -2.03. The van der Waals surface area contributed by atoms with Crippen LogP contribution in [-0.2, 0) is 12.8 Å². The van der Waals surface area contributed by atoms with E-state index in [4.69, 9.17) is 0 Å². The molecule has 0 atom stereocenters. The van der Waals surface area contributed by atoms with Crippen LogP contribution < -0.4 is 0 Å². The van der Waals surface area contributed by atoms with E-state index < -0.39 is 0 Å². The number of aryl methyl sites for hydroxylation is 1. The molecule has 15 heavy (non-hydrogen) atoms. The number of benzene rings is 1. The van der Waals surface area contributed by atoms with Gasteiger partial charge in [0.1, 0.15) is 0 Å². The van der Waals surface area contributed by atoms with E-state index >= 15 is 0 Å². The molecular formula is C14H20O. The molecule has 0 aliphatic rings. The first-order valence-corrected chi connectivity index (χ1v) is 5.82. The third-order valence-corrected chi connectivity index (χ3v) is 2.67. The molecule has 0 saturated heterocycles. The van der Waals surface area contributed by atoms with Crippen molar-refractivity contribution in [2.75, 3.05) is 0 Å². The number of hydrogen-bond donors (Lipinski definition) is 0. The molecule has 0 fully saturated rings. The quantitative estimate of drug-likeness (QED) is 0.667. The normalized spacial score (nSPS) is 10.3. The molecule has 0 saturated carbocycles. The van der Waals surface area contributed by atoms with Crippen LogP contribution in [0.2, 0.25) is 0 Å². The molecule has 0 heterocycles. The van der Waals surface area contributed by atoms with Crippen LogP contribution in [0.5, 0.6) is 0 Å². The molecule has 0 aliphatic heterocycles. The molecule has 82 valence electrons. The van der Waals surface area contributed by atoms with Crippen LogP contribution in [-0.4, -0.2) is 5.78 Å². The third-order valence-electron chi connectivity index (χ3n) is 2.67. The third kappa shape index (κ3) is 2.92. The first-order chi connectivity index (χ1) is 7.20. The predicted octanol–water partition coefficient (Wildman–Crippen LogP) is 3.79. The van der Waals surface area contributed by atoms with Gasteiger partial charge in [0.05, 0.1) is 0 Å². The summed E-state index contributed by atoms with van der Waals surface area (Å²) < 4.78 is 0. The molecule has 0 radical (unpaired) electrons. The van der Waals surface area contributed by atoms with Crippen molar-refractivity contribution >= 4 is 5.78 Å². The monoisotopic (exact) mass is 204 g/mol. The molecular weight excluding hydrogens is 184 g/mol. The lowest BCUT2D eigenvalue weighted by Gasteiger charge is -2.11. The molecule has 1 rings (SSSR count). The molecule has 0 N–H and O–H groups in total. The molecule has 0 amide bonds. The second kappa shape index (κ2) is 5.69. The van der Waals surface area contributed by atoms with Gasteiger partial charge in [0.2, 0.25) is 0 Å². The zero-order chi connectivity index (χ0) is 11.3. The smallest absolute Gasteiger partial charge is 0.160 e. The highest BCUT2D eigenvalue weighted by atomic mass is 16.1. The zero-order valence-electron chi connectivity index (χ0n) is 9.97. The van der Waals surface area contributed by atoms with Gasteiger partial charge in [-0.15, -0.1) is 0 Å². The van der Waals surface area contributed by atoms with Crippen molar-refractivity contribution in [2.45, 2.75) is 46.5 Å². The van der Waals surface area contributed by atoms with Crippen LogP contribution in [0.4, 0.5) is 0 Å². The van der Waals surface area contributed by atoms with Crippen molar-refractivity contribution in [1.29, 1.82) is 0 Å². The molecule has 1 nitrogen and oxygen atoms in total. The fourth-order valence-electron chi connectivity index (χ4n) is 2.01. The number of Topliss-reactive ketones (excluding diaryl/α,β-unsaturated/α-hetero) is 1. The Bertz CT molecular complexity index is 339. The van der Waals surface area contributed by atoms with Gasteiger partial charge in [0, 0.05) is 5.56 Å². The minimum Gasteiger partial charge on any atom is -0.295 e. The van der Waals surface area contributed by atoms with Gasteiger partial charge in [-0.1, -0.05) is 44.9 Å². The summed E-state index contributed by atoms with van der Waals surface area (Å²) in [5.74, 6) is 0.191. The summed E-state index contributed by atoms with van der Waals surface area (Å²) in [6.07, 6.45) is 4.33. The summed E-state index contributed by atoms with van der Waals surface area (Å²) in [6.45, 7) is 5.99. The highest BCUT2D eigenvalue weighted by Gasteiger charge is 2.09. The van der Waals surface area contributed by atoms with Gasteiger partial charge in [0.25, 0.3) is 0 Å². The predicted molar refractivity (Wildman–Crippen MR) is 64.4 cm³/mol. The fraction of sp³-hybridized carbons (Fsp3) is 0.500. The van der Waals surface area contributed by atoms with Gasteiger partial charge in [-0.2, -0.15) is 0 Å². The van der Waals surface area contributed by atoms with Gasteiger partial charge >= 0.3 is 0 Å². The molecule has 1 aromatic rings. The molecule has 0 aromatic heterocycles. The average molecular weight is 204 g/mol. The molecule has 1 aromatic carbocycles. The van der Waals surface area contributed by atoms with Crippen molar-refractivity contribution in [1.82, 2.24) is 0 Å². The van der Waals surface area contributed by atoms with E-state index in [9.17, 15) is 4.79 Å². The maximum absolute atomic E-state index is 11.5. The first kappa shape index (κ1) is 12.0. The maximum atomic E-state index is 11.5. The number of rotatable bonds is 5. The summed E-state index contributed by atoms with van der Waals surface area (Å²) in [5.41, 5.74) is 3.55. The summed E-state index contributed by atoms with van der Waals surface area (Å²) in [5, 5.41) is 0. The number of carbonyl (C=O) groups is 1. The van der Waals surface area contributed by atoms with Crippen molar-refractivity contribution < 1.29 is 4.79 Å². The Morgan fingerprint density at radius 3 is 2.33 bits per heavy atom. The Morgan fingerprint density at radius 1 is 1.13 bits per heavy atom. The van der Waals surface area contributed by atoms with Gasteiger partial charge in [-0.3, -0.25) is 4.79 Å². The Labute approximate surface area is 92.5 Å². The Balaban J connectivity index is 3.15. The Morgan fingerprint density at radius 2 is 1.80 bits per heavy atom. The van der Waals surface area contributed by atoms with Crippen LogP contribution in [0.25, 0.3) is 0 Å². The minimum atomic E-state index is 0.191. The highest BCUT2D eigenvalue weighted by Crippen LogP contribution is 2.19. The van der Waals surface area contributed by atoms with Crippen LogP contribution >= 0.6 is 0 Å². The van der Waals surface area contributed by atoms with E-state index in [0.29, 0.717) is 0 Å². The Hall–Kier alpha value is -1.11. The van der Waals surface area contributed by atoms with Crippen molar-refractivity contribution in [3.63, 3.8) is 0 Å². The molecule has 0 spiro atoms. The van der Waals surface area contributed by atoms with E-state index in [1.54, 1.807) is 6.92 Å². The number of carbonyl (C=O) groups excluding carboxylic acids is 1. The van der Waals surface area contributed by atoms with Crippen LogP contribution in [0.3, 0.4) is 0 Å². The van der Waals surface area contributed by atoms with E-state index in [0.717, 1.165) is 31.2 Å². The van der Waals surface area contributed by atoms with Crippen molar-refractivity contribution in [3.8, 4) is 0 Å². The number of hydrogen-bond acceptors (Lipinski definition) is 1. The molecule has 1 heteroatoms. The lowest BCUT2D eigenvalue weighted by molar-refractivity contribution is 0.101. The first-order valence-electron chi connectivity index (χ1n) is 5.82. The van der Waals surface area contributed by atoms with Crippen molar-refractivity contribution in [3.05, 3.63) is 34.9 Å². The zero-order valence-corrected chi connectivity index (χ0v) is 9.97. The molecule has 0 bridgehead atoms. The topological polar surface area (TPSA) is 17.1 Å². The number of ketones is 1. The lowest BCUT2D eigenvalue weighted by atomic mass is 9.93. The van der Waals surface area contributed by atoms with Crippen molar-refractivity contribution in [2.24, 2.45) is 0 Å². The maximum Gasteiger partial charge on any atom is 0.160 e. The van der Waals surface area contributed by atoms with Gasteiger partial charge < -0.3 is 0 Å². The summed E-state index contributed by atoms with van der Waals surface area (Å²) in [6, 6.07) is 6.11. The minimum absolute atomic E-state index is 0.191. The fourth-order valence-corrected chi connectivity index (χ4v) is 2.01. The van der Waals surface area contributed by atoms with Crippen LogP contribution in [0.15, 0.2) is 18.2 Å². The van der Waals surface area contributed by atoms with E-state index in [-0.39, 0.29) is 5.78 Å². The summed E-state index contributed by atoms with van der Waals surface area (Å²) in [7, 11) is 0. The van der Waals surface area contributed by atoms with Gasteiger partial charge in [0.15, 0.2) is 5.78 Å². The molecule has 0 unspecified atom stereocenters. The second-order valence-corrected chi connectivity index (χ2v) is 4.00. The molecule has 0 aliphatic carbocycles. The van der Waals surface area contributed by atoms with E-state index in [1.165, 1.54) is 11.1 Å². The van der Waals surface area contributed by atoms with E-state index in [1.807, 2.05) is 12.1 Å². The largest absolute Gasteiger partial charge is 0.295 e. The van der Waals surface area contributed by atoms with E-state index in [2.05, 4.69) is 19.9 Å². The second-order valence-electron chi connectivity index (χ2n) is 4.00. The highest BCUT2D eigenvalue weighted by molar-refractivity contribution is 5.95. The van der Waals surface area contributed by atoms with Crippen LogP contribution in [0.1, 0.15) is 55.1 Å². The standard InChI is InChI=1S/C14H20O/c1-4-7-12-9-6-10-13(11(3)15)14(12)8-5-2/h6,9-10H,4-5,7-8H2,1-3H3. The van der Waals surface area contributed by atoms with Gasteiger partial charge in [-0.05, 0) is 30.9 Å². The summed E-state index contributed by atoms with van der Waals surface area (Å²) >= 11 is 0. The summed E-state index contributed by atoms with van der Waals surface area (Å²) in [4.78, 5) is 11.5. The van der Waals surface area contributed by atoms with Gasteiger partial charge in [-0.25, -0.2) is 0 Å². The Kier molecular flexibility index (Phi) is 4.54. The van der Waals surface area contributed by atoms with Crippen LogP contribution in [0, 0.1) is 0 Å². The average Bonchev–Trinajstić information content (AvgIpc) is 2.21. The SMILES string of the molecule is CCCc1cccc(C(C)=O)c1CCC.